The molecule has 3 aromatic rings. The fourth-order valence-corrected chi connectivity index (χ4v) is 2.79. The van der Waals surface area contributed by atoms with Gasteiger partial charge in [-0.05, 0) is 41.6 Å². The zero-order valence-electron chi connectivity index (χ0n) is 12.3. The fraction of sp³-hybridized carbons (Fsp3) is 0.125. The molecule has 5 nitrogen and oxygen atoms in total. The number of aromatic nitrogens is 4. The van der Waals surface area contributed by atoms with Crippen LogP contribution in [-0.4, -0.2) is 31.7 Å². The Balaban J connectivity index is 1.75. The summed E-state index contributed by atoms with van der Waals surface area (Å²) in [4.78, 5) is 12.1. The highest BCUT2D eigenvalue weighted by molar-refractivity contribution is 7.99. The lowest BCUT2D eigenvalue weighted by molar-refractivity contribution is 0.101. The number of benzene rings is 2. The van der Waals surface area contributed by atoms with Crippen LogP contribution in [0.4, 0.5) is 4.39 Å². The number of hydrogen-bond acceptors (Lipinski definition) is 5. The van der Waals surface area contributed by atoms with Crippen LogP contribution >= 0.6 is 11.8 Å². The van der Waals surface area contributed by atoms with Crippen molar-refractivity contribution in [3.63, 3.8) is 0 Å². The monoisotopic (exact) mass is 328 g/mol. The molecule has 0 bridgehead atoms. The molecule has 0 N–H and O–H groups in total. The van der Waals surface area contributed by atoms with E-state index in [1.54, 1.807) is 16.8 Å². The number of carbonyl (C=O) groups is 1. The van der Waals surface area contributed by atoms with Crippen LogP contribution in [0.5, 0.6) is 0 Å². The lowest BCUT2D eigenvalue weighted by atomic mass is 10.1. The van der Waals surface area contributed by atoms with Crippen LogP contribution < -0.4 is 0 Å². The summed E-state index contributed by atoms with van der Waals surface area (Å²) in [6.07, 6.45) is 0. The van der Waals surface area contributed by atoms with Gasteiger partial charge in [0.05, 0.1) is 17.0 Å². The average Bonchev–Trinajstić information content (AvgIpc) is 3.02. The van der Waals surface area contributed by atoms with E-state index >= 15 is 0 Å². The van der Waals surface area contributed by atoms with E-state index in [-0.39, 0.29) is 17.1 Å². The summed E-state index contributed by atoms with van der Waals surface area (Å²) in [5.74, 6) is -0.754. The van der Waals surface area contributed by atoms with Gasteiger partial charge in [-0.3, -0.25) is 4.79 Å². The second kappa shape index (κ2) is 6.70. The lowest BCUT2D eigenvalue weighted by Crippen LogP contribution is -2.06. The molecule has 7 heteroatoms. The van der Waals surface area contributed by atoms with Crippen molar-refractivity contribution >= 4 is 17.5 Å². The molecular weight excluding hydrogens is 315 g/mol. The number of aryl methyl sites for hydroxylation is 1. The van der Waals surface area contributed by atoms with E-state index in [9.17, 15) is 9.18 Å². The molecule has 0 unspecified atom stereocenters. The predicted octanol–water partition coefficient (Wildman–Crippen LogP) is 3.08. The van der Waals surface area contributed by atoms with Crippen molar-refractivity contribution in [2.75, 3.05) is 5.75 Å². The maximum Gasteiger partial charge on any atom is 0.214 e. The molecular formula is C16H13FN4OS. The molecule has 0 saturated carbocycles. The molecule has 0 aliphatic heterocycles. The average molecular weight is 328 g/mol. The number of Topliss-reactive ketones (excluding diaryl/α,β-unsaturated/α-hetero) is 1. The highest BCUT2D eigenvalue weighted by Gasteiger charge is 2.15. The number of nitrogens with zero attached hydrogens (tertiary/aromatic N) is 4. The molecule has 0 spiro atoms. The Hall–Kier alpha value is -2.54. The molecule has 0 amide bonds. The second-order valence-electron chi connectivity index (χ2n) is 4.90. The third kappa shape index (κ3) is 3.45. The number of tetrazole rings is 1. The van der Waals surface area contributed by atoms with Gasteiger partial charge in [-0.1, -0.05) is 41.6 Å². The van der Waals surface area contributed by atoms with Crippen LogP contribution in [0.1, 0.15) is 15.9 Å². The number of hydrogen-bond donors (Lipinski definition) is 0. The van der Waals surface area contributed by atoms with Gasteiger partial charge in [0.1, 0.15) is 5.82 Å². The highest BCUT2D eigenvalue weighted by atomic mass is 32.2. The van der Waals surface area contributed by atoms with Crippen LogP contribution in [0, 0.1) is 12.7 Å². The Labute approximate surface area is 136 Å². The summed E-state index contributed by atoms with van der Waals surface area (Å²) in [6.45, 7) is 1.99. The van der Waals surface area contributed by atoms with E-state index in [0.717, 1.165) is 11.3 Å². The Bertz CT molecular complexity index is 832. The zero-order valence-corrected chi connectivity index (χ0v) is 13.1. The highest BCUT2D eigenvalue weighted by Crippen LogP contribution is 2.20. The Kier molecular flexibility index (Phi) is 4.47. The first kappa shape index (κ1) is 15.4. The van der Waals surface area contributed by atoms with E-state index in [1.807, 2.05) is 31.2 Å². The van der Waals surface area contributed by atoms with Crippen molar-refractivity contribution in [3.05, 3.63) is 65.5 Å². The minimum absolute atomic E-state index is 0.0627. The van der Waals surface area contributed by atoms with Crippen molar-refractivity contribution in [2.45, 2.75) is 12.1 Å². The van der Waals surface area contributed by atoms with Crippen LogP contribution in [-0.2, 0) is 0 Å². The molecule has 3 rings (SSSR count). The minimum Gasteiger partial charge on any atom is -0.293 e. The molecule has 0 radical (unpaired) electrons. The summed E-state index contributed by atoms with van der Waals surface area (Å²) >= 11 is 1.18. The van der Waals surface area contributed by atoms with Crippen molar-refractivity contribution in [3.8, 4) is 5.69 Å². The van der Waals surface area contributed by atoms with Gasteiger partial charge in [-0.25, -0.2) is 4.39 Å². The van der Waals surface area contributed by atoms with Gasteiger partial charge in [-0.15, -0.1) is 5.10 Å². The molecule has 1 heterocycles. The van der Waals surface area contributed by atoms with E-state index in [1.165, 1.54) is 23.9 Å². The first-order valence-electron chi connectivity index (χ1n) is 6.91. The maximum absolute atomic E-state index is 13.6. The van der Waals surface area contributed by atoms with Gasteiger partial charge >= 0.3 is 0 Å². The third-order valence-electron chi connectivity index (χ3n) is 3.23. The SMILES string of the molecule is Cc1ccc(-n2nnnc2SCC(=O)c2ccccc2F)cc1. The molecule has 116 valence electrons. The Morgan fingerprint density at radius 1 is 1.17 bits per heavy atom. The summed E-state index contributed by atoms with van der Waals surface area (Å²) in [5.41, 5.74) is 2.02. The first-order chi connectivity index (χ1) is 11.1. The topological polar surface area (TPSA) is 60.7 Å². The Morgan fingerprint density at radius 3 is 2.65 bits per heavy atom. The van der Waals surface area contributed by atoms with E-state index in [0.29, 0.717) is 5.16 Å². The van der Waals surface area contributed by atoms with Gasteiger partial charge in [0.25, 0.3) is 0 Å². The van der Waals surface area contributed by atoms with Crippen molar-refractivity contribution < 1.29 is 9.18 Å². The second-order valence-corrected chi connectivity index (χ2v) is 5.84. The molecule has 0 fully saturated rings. The van der Waals surface area contributed by atoms with Crippen LogP contribution in [0.3, 0.4) is 0 Å². The van der Waals surface area contributed by atoms with Gasteiger partial charge in [0.2, 0.25) is 5.16 Å². The van der Waals surface area contributed by atoms with E-state index in [2.05, 4.69) is 15.5 Å². The van der Waals surface area contributed by atoms with Crippen LogP contribution in [0.15, 0.2) is 53.7 Å². The molecule has 23 heavy (non-hydrogen) atoms. The molecule has 2 aromatic carbocycles. The summed E-state index contributed by atoms with van der Waals surface area (Å²) < 4.78 is 15.2. The van der Waals surface area contributed by atoms with Crippen LogP contribution in [0.2, 0.25) is 0 Å². The van der Waals surface area contributed by atoms with Gasteiger partial charge in [0.15, 0.2) is 5.78 Å². The number of carbonyl (C=O) groups excluding carboxylic acids is 1. The molecule has 0 aliphatic rings. The van der Waals surface area contributed by atoms with E-state index in [4.69, 9.17) is 0 Å². The van der Waals surface area contributed by atoms with Gasteiger partial charge < -0.3 is 0 Å². The van der Waals surface area contributed by atoms with Crippen molar-refractivity contribution in [1.82, 2.24) is 20.2 Å². The smallest absolute Gasteiger partial charge is 0.214 e. The minimum atomic E-state index is -0.517. The zero-order chi connectivity index (χ0) is 16.2. The largest absolute Gasteiger partial charge is 0.293 e. The molecule has 1 aromatic heterocycles. The van der Waals surface area contributed by atoms with Gasteiger partial charge in [0, 0.05) is 0 Å². The number of rotatable bonds is 5. The predicted molar refractivity (Wildman–Crippen MR) is 85.3 cm³/mol. The number of thioether (sulfide) groups is 1. The maximum atomic E-state index is 13.6. The molecule has 0 aliphatic carbocycles. The fourth-order valence-electron chi connectivity index (χ4n) is 2.01. The standard InChI is InChI=1S/C16H13FN4OS/c1-11-6-8-12(9-7-11)21-16(18-19-20-21)23-10-15(22)13-4-2-3-5-14(13)17/h2-9H,10H2,1H3. The summed E-state index contributed by atoms with van der Waals surface area (Å²) in [6, 6.07) is 13.6. The van der Waals surface area contributed by atoms with Gasteiger partial charge in [-0.2, -0.15) is 4.68 Å². The quantitative estimate of drug-likeness (QED) is 0.532. The normalized spacial score (nSPS) is 10.7. The number of halogens is 1. The van der Waals surface area contributed by atoms with Crippen LogP contribution in [0.25, 0.3) is 5.69 Å². The third-order valence-corrected chi connectivity index (χ3v) is 4.15. The van der Waals surface area contributed by atoms with E-state index < -0.39 is 5.82 Å². The molecule has 0 saturated heterocycles. The van der Waals surface area contributed by atoms with Crippen molar-refractivity contribution in [1.29, 1.82) is 0 Å². The van der Waals surface area contributed by atoms with Crippen molar-refractivity contribution in [2.24, 2.45) is 0 Å². The molecule has 0 atom stereocenters. The lowest BCUT2D eigenvalue weighted by Gasteiger charge is -2.05. The summed E-state index contributed by atoms with van der Waals surface area (Å²) in [7, 11) is 0. The first-order valence-corrected chi connectivity index (χ1v) is 7.89. The Morgan fingerprint density at radius 2 is 1.91 bits per heavy atom. The number of ketones is 1. The summed E-state index contributed by atoms with van der Waals surface area (Å²) in [5, 5.41) is 12.0.